The van der Waals surface area contributed by atoms with E-state index < -0.39 is 16.8 Å². The summed E-state index contributed by atoms with van der Waals surface area (Å²) in [6.45, 7) is 0. The van der Waals surface area contributed by atoms with Gasteiger partial charge in [-0.25, -0.2) is 4.39 Å². The molecular weight excluding hydrogens is 357 g/mol. The fourth-order valence-electron chi connectivity index (χ4n) is 7.22. The van der Waals surface area contributed by atoms with Crippen molar-refractivity contribution in [2.75, 3.05) is 0 Å². The molecule has 0 heterocycles. The number of amides is 1. The molecule has 5 fully saturated rings. The molecule has 5 aliphatic rings. The number of hydrogen-bond acceptors (Lipinski definition) is 2. The van der Waals surface area contributed by atoms with Gasteiger partial charge in [0, 0.05) is 6.04 Å². The lowest BCUT2D eigenvalue weighted by molar-refractivity contribution is -0.168. The summed E-state index contributed by atoms with van der Waals surface area (Å²) in [7, 11) is 0. The van der Waals surface area contributed by atoms with Crippen molar-refractivity contribution in [2.24, 2.45) is 23.2 Å². The Morgan fingerprint density at radius 3 is 2.36 bits per heavy atom. The topological polar surface area (TPSA) is 66.4 Å². The van der Waals surface area contributed by atoms with E-state index >= 15 is 0 Å². The molecule has 0 saturated heterocycles. The van der Waals surface area contributed by atoms with Gasteiger partial charge in [0.2, 0.25) is 5.91 Å². The number of nitrogens with one attached hydrogen (secondary N) is 1. The van der Waals surface area contributed by atoms with E-state index in [4.69, 9.17) is 0 Å². The zero-order valence-corrected chi connectivity index (χ0v) is 16.1. The highest BCUT2D eigenvalue weighted by Crippen LogP contribution is 2.60. The van der Waals surface area contributed by atoms with Crippen molar-refractivity contribution in [2.45, 2.75) is 69.2 Å². The number of carboxylic acids is 1. The number of halogens is 1. The molecule has 2 N–H and O–H groups in total. The third-order valence-corrected chi connectivity index (χ3v) is 8.29. The molecule has 0 aromatic heterocycles. The zero-order valence-electron chi connectivity index (χ0n) is 16.1. The first-order valence-corrected chi connectivity index (χ1v) is 10.7. The fourth-order valence-corrected chi connectivity index (χ4v) is 7.22. The van der Waals surface area contributed by atoms with Crippen LogP contribution in [-0.4, -0.2) is 23.0 Å². The summed E-state index contributed by atoms with van der Waals surface area (Å²) in [4.78, 5) is 25.5. The molecule has 5 aliphatic carbocycles. The monoisotopic (exact) mass is 385 g/mol. The first-order valence-electron chi connectivity index (χ1n) is 10.7. The summed E-state index contributed by atoms with van der Waals surface area (Å²) in [6, 6.07) is 6.58. The minimum absolute atomic E-state index is 0.0254. The molecule has 4 bridgehead atoms. The van der Waals surface area contributed by atoms with Crippen LogP contribution in [0.1, 0.15) is 63.4 Å². The van der Waals surface area contributed by atoms with Crippen LogP contribution in [0.2, 0.25) is 0 Å². The molecule has 1 aromatic rings. The Balaban J connectivity index is 1.40. The van der Waals surface area contributed by atoms with Crippen molar-refractivity contribution >= 4 is 11.9 Å². The van der Waals surface area contributed by atoms with Crippen molar-refractivity contribution in [3.8, 4) is 0 Å². The number of aliphatic carboxylic acids is 1. The Bertz CT molecular complexity index is 800. The maximum absolute atomic E-state index is 13.9. The van der Waals surface area contributed by atoms with Crippen molar-refractivity contribution in [1.29, 1.82) is 0 Å². The number of benzene rings is 1. The second kappa shape index (κ2) is 6.30. The van der Waals surface area contributed by atoms with E-state index in [1.165, 1.54) is 12.1 Å². The molecule has 150 valence electrons. The summed E-state index contributed by atoms with van der Waals surface area (Å²) in [5.41, 5.74) is -0.416. The predicted octanol–water partition coefficient (Wildman–Crippen LogP) is 4.03. The van der Waals surface area contributed by atoms with Crippen molar-refractivity contribution in [3.63, 3.8) is 0 Å². The van der Waals surface area contributed by atoms with Gasteiger partial charge in [0.05, 0.1) is 10.8 Å². The van der Waals surface area contributed by atoms with Crippen LogP contribution in [0.4, 0.5) is 4.39 Å². The van der Waals surface area contributed by atoms with Crippen molar-refractivity contribution < 1.29 is 19.1 Å². The minimum atomic E-state index is -0.649. The van der Waals surface area contributed by atoms with E-state index in [0.29, 0.717) is 18.8 Å². The highest BCUT2D eigenvalue weighted by molar-refractivity contribution is 5.89. The van der Waals surface area contributed by atoms with Crippen LogP contribution in [-0.2, 0) is 15.0 Å². The quantitative estimate of drug-likeness (QED) is 0.822. The van der Waals surface area contributed by atoms with E-state index in [1.54, 1.807) is 6.07 Å². The van der Waals surface area contributed by atoms with Crippen molar-refractivity contribution in [3.05, 3.63) is 35.6 Å². The predicted molar refractivity (Wildman–Crippen MR) is 102 cm³/mol. The third kappa shape index (κ3) is 2.61. The number of carboxylic acid groups (broad SMARTS) is 1. The maximum atomic E-state index is 13.9. The molecule has 0 spiro atoms. The van der Waals surface area contributed by atoms with Gasteiger partial charge in [-0.3, -0.25) is 9.59 Å². The van der Waals surface area contributed by atoms with Crippen LogP contribution in [0.3, 0.4) is 0 Å². The van der Waals surface area contributed by atoms with Crippen LogP contribution in [0, 0.1) is 29.0 Å². The molecule has 0 radical (unpaired) electrons. The Kier molecular flexibility index (Phi) is 4.08. The van der Waals surface area contributed by atoms with Gasteiger partial charge in [0.1, 0.15) is 5.82 Å². The Labute approximate surface area is 164 Å². The molecule has 1 amide bonds. The standard InChI is InChI=1S/C23H28FNO3/c24-18-5-3-4-17(10-18)23(6-1-2-7-23)20(26)25-19-15-8-14-9-16(19)13-22(11-14,12-15)21(27)28/h3-5,10,14-16,19H,1-2,6-9,11-13H2,(H,25,26)(H,27,28). The lowest BCUT2D eigenvalue weighted by atomic mass is 9.48. The van der Waals surface area contributed by atoms with Gasteiger partial charge in [0.25, 0.3) is 0 Å². The van der Waals surface area contributed by atoms with Crippen LogP contribution in [0.5, 0.6) is 0 Å². The average Bonchev–Trinajstić information content (AvgIpc) is 3.15. The highest BCUT2D eigenvalue weighted by Gasteiger charge is 2.59. The van der Waals surface area contributed by atoms with Crippen LogP contribution >= 0.6 is 0 Å². The molecule has 4 nitrogen and oxygen atoms in total. The Morgan fingerprint density at radius 1 is 1.07 bits per heavy atom. The highest BCUT2D eigenvalue weighted by atomic mass is 19.1. The first kappa shape index (κ1) is 18.1. The van der Waals surface area contributed by atoms with E-state index in [0.717, 1.165) is 50.5 Å². The lowest BCUT2D eigenvalue weighted by Gasteiger charge is -2.58. The molecular formula is C23H28FNO3. The summed E-state index contributed by atoms with van der Waals surface area (Å²) in [5, 5.41) is 13.2. The largest absolute Gasteiger partial charge is 0.481 e. The van der Waals surface area contributed by atoms with Gasteiger partial charge < -0.3 is 10.4 Å². The minimum Gasteiger partial charge on any atom is -0.481 e. The van der Waals surface area contributed by atoms with Gasteiger partial charge in [-0.15, -0.1) is 0 Å². The van der Waals surface area contributed by atoms with Crippen LogP contribution in [0.15, 0.2) is 24.3 Å². The normalized spacial score (nSPS) is 37.8. The van der Waals surface area contributed by atoms with Gasteiger partial charge in [0.15, 0.2) is 0 Å². The number of carbonyl (C=O) groups excluding carboxylic acids is 1. The first-order chi connectivity index (χ1) is 13.4. The average molecular weight is 385 g/mol. The summed E-state index contributed by atoms with van der Waals surface area (Å²) in [6.07, 6.45) is 7.71. The van der Waals surface area contributed by atoms with Gasteiger partial charge in [-0.2, -0.15) is 0 Å². The van der Waals surface area contributed by atoms with E-state index in [9.17, 15) is 19.1 Å². The Hall–Kier alpha value is -1.91. The van der Waals surface area contributed by atoms with E-state index in [2.05, 4.69) is 5.32 Å². The summed E-state index contributed by atoms with van der Waals surface area (Å²) >= 11 is 0. The van der Waals surface area contributed by atoms with Gasteiger partial charge in [-0.05, 0) is 80.4 Å². The Morgan fingerprint density at radius 2 is 1.75 bits per heavy atom. The summed E-state index contributed by atoms with van der Waals surface area (Å²) < 4.78 is 13.9. The SMILES string of the molecule is O=C(O)C12CC3CC(C1)C(NC(=O)C1(c4cccc(F)c4)CCCC1)C(C3)C2. The molecule has 1 aromatic carbocycles. The summed E-state index contributed by atoms with van der Waals surface area (Å²) in [5.74, 6) is 0.0932. The van der Waals surface area contributed by atoms with Crippen LogP contribution < -0.4 is 5.32 Å². The third-order valence-electron chi connectivity index (χ3n) is 8.29. The van der Waals surface area contributed by atoms with E-state index in [-0.39, 0.29) is 29.6 Å². The molecule has 6 rings (SSSR count). The molecule has 5 saturated carbocycles. The fraction of sp³-hybridized carbons (Fsp3) is 0.652. The van der Waals surface area contributed by atoms with Gasteiger partial charge in [-0.1, -0.05) is 25.0 Å². The number of rotatable bonds is 4. The maximum Gasteiger partial charge on any atom is 0.309 e. The number of hydrogen-bond donors (Lipinski definition) is 2. The smallest absolute Gasteiger partial charge is 0.309 e. The second-order valence-corrected chi connectivity index (χ2v) is 9.85. The second-order valence-electron chi connectivity index (χ2n) is 9.85. The molecule has 2 atom stereocenters. The molecule has 0 aliphatic heterocycles. The van der Waals surface area contributed by atoms with Gasteiger partial charge >= 0.3 is 5.97 Å². The van der Waals surface area contributed by atoms with Crippen LogP contribution in [0.25, 0.3) is 0 Å². The number of carbonyl (C=O) groups is 2. The zero-order chi connectivity index (χ0) is 19.5. The molecule has 28 heavy (non-hydrogen) atoms. The molecule has 5 heteroatoms. The molecule has 2 unspecified atom stereocenters. The van der Waals surface area contributed by atoms with Crippen molar-refractivity contribution in [1.82, 2.24) is 5.32 Å². The lowest BCUT2D eigenvalue weighted by Crippen LogP contribution is -2.62. The van der Waals surface area contributed by atoms with E-state index in [1.807, 2.05) is 6.07 Å².